The van der Waals surface area contributed by atoms with Crippen molar-refractivity contribution in [2.45, 2.75) is 51.0 Å². The van der Waals surface area contributed by atoms with Gasteiger partial charge in [0, 0.05) is 31.7 Å². The molecule has 0 unspecified atom stereocenters. The Morgan fingerprint density at radius 3 is 2.43 bits per heavy atom. The molecule has 4 rings (SSSR count). The number of rotatable bonds is 6. The van der Waals surface area contributed by atoms with Crippen molar-refractivity contribution in [3.63, 3.8) is 0 Å². The molecule has 124 valence electrons. The summed E-state index contributed by atoms with van der Waals surface area (Å²) in [4.78, 5) is 14.7. The lowest BCUT2D eigenvalue weighted by Crippen LogP contribution is -2.43. The SMILES string of the molecule is O=C(CC(C1CC1)C1CC1)N1CCC(Nc2cccnn2)CC1. The Kier molecular flexibility index (Phi) is 4.19. The van der Waals surface area contributed by atoms with E-state index in [0.717, 1.165) is 50.0 Å². The Bertz CT molecular complexity index is 521. The van der Waals surface area contributed by atoms with Crippen LogP contribution in [0, 0.1) is 17.8 Å². The number of carbonyl (C=O) groups excluding carboxylic acids is 1. The van der Waals surface area contributed by atoms with Gasteiger partial charge in [-0.3, -0.25) is 4.79 Å². The van der Waals surface area contributed by atoms with Gasteiger partial charge in [-0.05, 0) is 68.4 Å². The number of nitrogens with zero attached hydrogens (tertiary/aromatic N) is 3. The molecule has 1 aliphatic heterocycles. The van der Waals surface area contributed by atoms with E-state index in [1.54, 1.807) is 6.20 Å². The third kappa shape index (κ3) is 3.82. The topological polar surface area (TPSA) is 58.1 Å². The van der Waals surface area contributed by atoms with E-state index < -0.39 is 0 Å². The standard InChI is InChI=1S/C18H26N4O/c23-18(12-16(13-3-4-13)14-5-6-14)22-10-7-15(8-11-22)20-17-2-1-9-19-21-17/h1-2,9,13-16H,3-8,10-12H2,(H,20,21). The molecule has 0 radical (unpaired) electrons. The molecule has 0 bridgehead atoms. The van der Waals surface area contributed by atoms with Crippen LogP contribution in [0.4, 0.5) is 5.82 Å². The highest BCUT2D eigenvalue weighted by Crippen LogP contribution is 2.50. The number of hydrogen-bond acceptors (Lipinski definition) is 4. The summed E-state index contributed by atoms with van der Waals surface area (Å²) in [5.74, 6) is 3.65. The maximum atomic E-state index is 12.6. The summed E-state index contributed by atoms with van der Waals surface area (Å²) in [6.07, 6.45) is 9.92. The second-order valence-corrected chi connectivity index (χ2v) is 7.45. The molecule has 3 fully saturated rings. The van der Waals surface area contributed by atoms with Gasteiger partial charge in [-0.25, -0.2) is 0 Å². The van der Waals surface area contributed by atoms with Crippen LogP contribution in [0.15, 0.2) is 18.3 Å². The molecule has 2 aliphatic carbocycles. The fourth-order valence-electron chi connectivity index (χ4n) is 3.96. The van der Waals surface area contributed by atoms with Crippen LogP contribution in [0.2, 0.25) is 0 Å². The van der Waals surface area contributed by atoms with Crippen LogP contribution in [0.3, 0.4) is 0 Å². The molecule has 1 aromatic heterocycles. The fraction of sp³-hybridized carbons (Fsp3) is 0.722. The van der Waals surface area contributed by atoms with E-state index in [0.29, 0.717) is 17.9 Å². The molecule has 5 heteroatoms. The van der Waals surface area contributed by atoms with E-state index in [2.05, 4.69) is 20.4 Å². The van der Waals surface area contributed by atoms with Crippen molar-refractivity contribution in [3.8, 4) is 0 Å². The van der Waals surface area contributed by atoms with Gasteiger partial charge < -0.3 is 10.2 Å². The monoisotopic (exact) mass is 314 g/mol. The van der Waals surface area contributed by atoms with Gasteiger partial charge in [0.05, 0.1) is 0 Å². The van der Waals surface area contributed by atoms with Crippen LogP contribution < -0.4 is 5.32 Å². The molecule has 0 aromatic carbocycles. The molecule has 3 aliphatic rings. The lowest BCUT2D eigenvalue weighted by Gasteiger charge is -2.33. The Labute approximate surface area is 137 Å². The number of hydrogen-bond donors (Lipinski definition) is 1. The third-order valence-electron chi connectivity index (χ3n) is 5.64. The number of aromatic nitrogens is 2. The molecule has 1 saturated heterocycles. The molecule has 1 amide bonds. The van der Waals surface area contributed by atoms with Crippen molar-refractivity contribution in [1.82, 2.24) is 15.1 Å². The smallest absolute Gasteiger partial charge is 0.222 e. The second kappa shape index (κ2) is 6.46. The second-order valence-electron chi connectivity index (χ2n) is 7.45. The molecule has 0 spiro atoms. The van der Waals surface area contributed by atoms with Crippen LogP contribution in [-0.4, -0.2) is 40.1 Å². The quantitative estimate of drug-likeness (QED) is 0.877. The number of nitrogens with one attached hydrogen (secondary N) is 1. The first-order valence-corrected chi connectivity index (χ1v) is 9.11. The Hall–Kier alpha value is -1.65. The Morgan fingerprint density at radius 1 is 1.17 bits per heavy atom. The minimum Gasteiger partial charge on any atom is -0.366 e. The fourth-order valence-corrected chi connectivity index (χ4v) is 3.96. The summed E-state index contributed by atoms with van der Waals surface area (Å²) in [6, 6.07) is 4.24. The lowest BCUT2D eigenvalue weighted by molar-refractivity contribution is -0.133. The summed E-state index contributed by atoms with van der Waals surface area (Å²) in [5.41, 5.74) is 0. The van der Waals surface area contributed by atoms with E-state index in [4.69, 9.17) is 0 Å². The van der Waals surface area contributed by atoms with Crippen LogP contribution in [-0.2, 0) is 4.79 Å². The Morgan fingerprint density at radius 2 is 1.87 bits per heavy atom. The largest absolute Gasteiger partial charge is 0.366 e. The lowest BCUT2D eigenvalue weighted by atomic mass is 9.93. The number of anilines is 1. The molecular weight excluding hydrogens is 288 g/mol. The van der Waals surface area contributed by atoms with Crippen molar-refractivity contribution in [2.75, 3.05) is 18.4 Å². The zero-order chi connectivity index (χ0) is 15.6. The van der Waals surface area contributed by atoms with Gasteiger partial charge in [-0.2, -0.15) is 5.10 Å². The molecule has 23 heavy (non-hydrogen) atoms. The maximum absolute atomic E-state index is 12.6. The molecule has 5 nitrogen and oxygen atoms in total. The van der Waals surface area contributed by atoms with Crippen molar-refractivity contribution >= 4 is 11.7 Å². The van der Waals surface area contributed by atoms with Crippen LogP contribution in [0.5, 0.6) is 0 Å². The van der Waals surface area contributed by atoms with Gasteiger partial charge in [0.1, 0.15) is 5.82 Å². The minimum absolute atomic E-state index is 0.395. The molecule has 2 saturated carbocycles. The van der Waals surface area contributed by atoms with Crippen molar-refractivity contribution < 1.29 is 4.79 Å². The molecular formula is C18H26N4O. The highest BCUT2D eigenvalue weighted by molar-refractivity contribution is 5.76. The number of likely N-dealkylation sites (tertiary alicyclic amines) is 1. The molecule has 0 atom stereocenters. The van der Waals surface area contributed by atoms with E-state index >= 15 is 0 Å². The van der Waals surface area contributed by atoms with E-state index in [9.17, 15) is 4.79 Å². The van der Waals surface area contributed by atoms with E-state index in [1.807, 2.05) is 12.1 Å². The minimum atomic E-state index is 0.395. The zero-order valence-corrected chi connectivity index (χ0v) is 13.7. The number of piperidine rings is 1. The predicted molar refractivity (Wildman–Crippen MR) is 88.8 cm³/mol. The molecule has 1 aromatic rings. The van der Waals surface area contributed by atoms with Crippen LogP contribution in [0.25, 0.3) is 0 Å². The normalized spacial score (nSPS) is 22.4. The summed E-state index contributed by atoms with van der Waals surface area (Å²) in [5, 5.41) is 11.4. The first-order valence-electron chi connectivity index (χ1n) is 9.11. The van der Waals surface area contributed by atoms with Crippen molar-refractivity contribution in [2.24, 2.45) is 17.8 Å². The van der Waals surface area contributed by atoms with E-state index in [1.165, 1.54) is 25.7 Å². The van der Waals surface area contributed by atoms with Crippen molar-refractivity contribution in [1.29, 1.82) is 0 Å². The highest BCUT2D eigenvalue weighted by Gasteiger charge is 2.42. The van der Waals surface area contributed by atoms with Crippen LogP contribution in [0.1, 0.15) is 44.9 Å². The summed E-state index contributed by atoms with van der Waals surface area (Å²) in [7, 11) is 0. The third-order valence-corrected chi connectivity index (χ3v) is 5.64. The summed E-state index contributed by atoms with van der Waals surface area (Å²) in [6.45, 7) is 1.75. The average Bonchev–Trinajstić information content (AvgIpc) is 3.48. The van der Waals surface area contributed by atoms with Gasteiger partial charge in [0.25, 0.3) is 0 Å². The first kappa shape index (κ1) is 14.9. The van der Waals surface area contributed by atoms with Gasteiger partial charge in [-0.1, -0.05) is 0 Å². The van der Waals surface area contributed by atoms with Gasteiger partial charge in [-0.15, -0.1) is 5.10 Å². The molecule has 2 heterocycles. The summed E-state index contributed by atoms with van der Waals surface area (Å²) < 4.78 is 0. The van der Waals surface area contributed by atoms with Gasteiger partial charge >= 0.3 is 0 Å². The summed E-state index contributed by atoms with van der Waals surface area (Å²) >= 11 is 0. The molecule has 1 N–H and O–H groups in total. The predicted octanol–water partition coefficient (Wildman–Crippen LogP) is 2.71. The van der Waals surface area contributed by atoms with Crippen molar-refractivity contribution in [3.05, 3.63) is 18.3 Å². The zero-order valence-electron chi connectivity index (χ0n) is 13.7. The van der Waals surface area contributed by atoms with Gasteiger partial charge in [0.15, 0.2) is 0 Å². The Balaban J connectivity index is 1.25. The first-order chi connectivity index (χ1) is 11.3. The highest BCUT2D eigenvalue weighted by atomic mass is 16.2. The average molecular weight is 314 g/mol. The maximum Gasteiger partial charge on any atom is 0.222 e. The van der Waals surface area contributed by atoms with Crippen LogP contribution >= 0.6 is 0 Å². The van der Waals surface area contributed by atoms with Gasteiger partial charge in [0.2, 0.25) is 5.91 Å². The number of carbonyl (C=O) groups is 1. The van der Waals surface area contributed by atoms with E-state index in [-0.39, 0.29) is 0 Å². The number of amides is 1.